The molecule has 0 bridgehead atoms. The normalized spacial score (nSPS) is 12.3. The third-order valence-corrected chi connectivity index (χ3v) is 5.91. The summed E-state index contributed by atoms with van der Waals surface area (Å²) in [6.07, 6.45) is 5.03. The monoisotopic (exact) mass is 439 g/mol. The van der Waals surface area contributed by atoms with Crippen LogP contribution in [0.4, 0.5) is 5.00 Å². The number of nitrogens with one attached hydrogen (secondary N) is 1. The van der Waals surface area contributed by atoms with Crippen molar-refractivity contribution in [3.63, 3.8) is 0 Å². The highest BCUT2D eigenvalue weighted by molar-refractivity contribution is 7.17. The lowest BCUT2D eigenvalue weighted by molar-refractivity contribution is -0.111. The molecule has 8 heteroatoms. The van der Waals surface area contributed by atoms with Gasteiger partial charge in [-0.3, -0.25) is 4.79 Å². The van der Waals surface area contributed by atoms with Gasteiger partial charge in [-0.2, -0.15) is 0 Å². The van der Waals surface area contributed by atoms with Crippen LogP contribution >= 0.6 is 11.3 Å². The van der Waals surface area contributed by atoms with Crippen LogP contribution in [-0.2, 0) is 16.0 Å². The summed E-state index contributed by atoms with van der Waals surface area (Å²) in [4.78, 5) is 26.0. The van der Waals surface area contributed by atoms with Gasteiger partial charge in [0.1, 0.15) is 10.8 Å². The maximum Gasteiger partial charge on any atom is 0.341 e. The summed E-state index contributed by atoms with van der Waals surface area (Å²) in [6.45, 7) is 4.07. The lowest BCUT2D eigenvalue weighted by Gasteiger charge is -2.06. The van der Waals surface area contributed by atoms with E-state index in [0.717, 1.165) is 21.8 Å². The molecule has 0 atom stereocenters. The van der Waals surface area contributed by atoms with Crippen LogP contribution in [0.15, 0.2) is 47.1 Å². The van der Waals surface area contributed by atoms with E-state index in [2.05, 4.69) is 5.32 Å². The molecule has 1 aromatic carbocycles. The first-order valence-corrected chi connectivity index (χ1v) is 10.6. The summed E-state index contributed by atoms with van der Waals surface area (Å²) in [5.41, 5.74) is 2.17. The van der Waals surface area contributed by atoms with E-state index >= 15 is 0 Å². The Kier molecular flexibility index (Phi) is 6.08. The smallest absolute Gasteiger partial charge is 0.341 e. The minimum absolute atomic E-state index is 0.214. The van der Waals surface area contributed by atoms with Gasteiger partial charge < -0.3 is 23.9 Å². The van der Waals surface area contributed by atoms with Gasteiger partial charge in [-0.15, -0.1) is 11.3 Å². The zero-order chi connectivity index (χ0) is 21.8. The molecule has 4 rings (SSSR count). The topological polar surface area (TPSA) is 87.0 Å². The molecule has 0 saturated heterocycles. The number of rotatable bonds is 7. The molecule has 7 nitrogen and oxygen atoms in total. The van der Waals surface area contributed by atoms with E-state index in [1.165, 1.54) is 23.7 Å². The van der Waals surface area contributed by atoms with Crippen molar-refractivity contribution in [3.8, 4) is 11.5 Å². The Balaban J connectivity index is 1.59. The first-order chi connectivity index (χ1) is 15.0. The highest BCUT2D eigenvalue weighted by Gasteiger charge is 2.24. The number of furan rings is 1. The van der Waals surface area contributed by atoms with Crippen molar-refractivity contribution in [2.75, 3.05) is 18.7 Å². The van der Waals surface area contributed by atoms with E-state index in [1.54, 1.807) is 25.1 Å². The van der Waals surface area contributed by atoms with Crippen molar-refractivity contribution in [1.29, 1.82) is 0 Å². The standard InChI is InChI=1S/C23H21NO6S/c1-3-27-23(26)21-14(2)19(12-15-6-8-17-18(11-15)30-13-29-17)31-22(21)24-20(25)9-7-16-5-4-10-28-16/h4-11H,3,12-13H2,1-2H3,(H,24,25)/b9-7+. The number of amides is 1. The van der Waals surface area contributed by atoms with Gasteiger partial charge in [0.2, 0.25) is 12.7 Å². The number of thiophene rings is 1. The van der Waals surface area contributed by atoms with E-state index in [9.17, 15) is 9.59 Å². The molecule has 3 aromatic rings. The number of carbonyl (C=O) groups excluding carboxylic acids is 2. The quantitative estimate of drug-likeness (QED) is 0.420. The molecule has 0 radical (unpaired) electrons. The number of carbonyl (C=O) groups is 2. The average Bonchev–Trinajstić information content (AvgIpc) is 3.48. The Morgan fingerprint density at radius 2 is 2.06 bits per heavy atom. The van der Waals surface area contributed by atoms with E-state index in [1.807, 2.05) is 25.1 Å². The first kappa shape index (κ1) is 20.7. The zero-order valence-electron chi connectivity index (χ0n) is 17.1. The highest BCUT2D eigenvalue weighted by Crippen LogP contribution is 2.37. The number of hydrogen-bond donors (Lipinski definition) is 1. The predicted octanol–water partition coefficient (Wildman–Crippen LogP) is 4.80. The van der Waals surface area contributed by atoms with E-state index in [0.29, 0.717) is 28.5 Å². The van der Waals surface area contributed by atoms with Crippen molar-refractivity contribution < 1.29 is 28.2 Å². The maximum atomic E-state index is 12.6. The number of fused-ring (bicyclic) bond motifs is 1. The van der Waals surface area contributed by atoms with Gasteiger partial charge in [0, 0.05) is 17.4 Å². The van der Waals surface area contributed by atoms with Crippen molar-refractivity contribution in [2.45, 2.75) is 20.3 Å². The largest absolute Gasteiger partial charge is 0.465 e. The maximum absolute atomic E-state index is 12.6. The molecule has 1 N–H and O–H groups in total. The van der Waals surface area contributed by atoms with Gasteiger partial charge in [-0.1, -0.05) is 6.07 Å². The SMILES string of the molecule is CCOC(=O)c1c(NC(=O)/C=C/c2ccco2)sc(Cc2ccc3c(c2)OCO3)c1C. The van der Waals surface area contributed by atoms with E-state index in [-0.39, 0.29) is 19.3 Å². The average molecular weight is 439 g/mol. The zero-order valence-corrected chi connectivity index (χ0v) is 17.9. The van der Waals surface area contributed by atoms with Crippen LogP contribution < -0.4 is 14.8 Å². The molecule has 1 amide bonds. The molecule has 31 heavy (non-hydrogen) atoms. The molecule has 0 aliphatic carbocycles. The molecule has 160 valence electrons. The minimum Gasteiger partial charge on any atom is -0.465 e. The molecule has 1 aliphatic heterocycles. The molecular formula is C23H21NO6S. The van der Waals surface area contributed by atoms with Crippen LogP contribution in [0.2, 0.25) is 0 Å². The molecule has 0 unspecified atom stereocenters. The number of benzene rings is 1. The fourth-order valence-electron chi connectivity index (χ4n) is 3.20. The Hall–Kier alpha value is -3.52. The number of hydrogen-bond acceptors (Lipinski definition) is 7. The van der Waals surface area contributed by atoms with Crippen LogP contribution in [0.5, 0.6) is 11.5 Å². The van der Waals surface area contributed by atoms with Crippen LogP contribution in [0, 0.1) is 6.92 Å². The molecule has 1 aliphatic rings. The fourth-order valence-corrected chi connectivity index (χ4v) is 4.43. The molecule has 3 heterocycles. The second-order valence-electron chi connectivity index (χ2n) is 6.78. The van der Waals surface area contributed by atoms with Crippen molar-refractivity contribution >= 4 is 34.3 Å². The molecule has 0 spiro atoms. The summed E-state index contributed by atoms with van der Waals surface area (Å²) in [5.74, 6) is 1.16. The molecule has 0 saturated carbocycles. The lowest BCUT2D eigenvalue weighted by atomic mass is 10.1. The third-order valence-electron chi connectivity index (χ3n) is 4.71. The third kappa shape index (κ3) is 4.64. The minimum atomic E-state index is -0.460. The van der Waals surface area contributed by atoms with Crippen molar-refractivity contribution in [1.82, 2.24) is 0 Å². The first-order valence-electron chi connectivity index (χ1n) is 9.75. The second-order valence-corrected chi connectivity index (χ2v) is 7.88. The summed E-state index contributed by atoms with van der Waals surface area (Å²) < 4.78 is 21.2. The van der Waals surface area contributed by atoms with Crippen LogP contribution in [0.1, 0.15) is 39.0 Å². The van der Waals surface area contributed by atoms with Gasteiger partial charge >= 0.3 is 5.97 Å². The number of anilines is 1. The Bertz CT molecular complexity index is 1130. The Morgan fingerprint density at radius 1 is 1.23 bits per heavy atom. The fraction of sp³-hybridized carbons (Fsp3) is 0.217. The summed E-state index contributed by atoms with van der Waals surface area (Å²) in [6, 6.07) is 9.24. The lowest BCUT2D eigenvalue weighted by Crippen LogP contribution is -2.12. The van der Waals surface area contributed by atoms with E-state index in [4.69, 9.17) is 18.6 Å². The van der Waals surface area contributed by atoms with Crippen LogP contribution in [0.25, 0.3) is 6.08 Å². The van der Waals surface area contributed by atoms with Gasteiger partial charge in [0.15, 0.2) is 11.5 Å². The second kappa shape index (κ2) is 9.09. The Morgan fingerprint density at radius 3 is 2.84 bits per heavy atom. The van der Waals surface area contributed by atoms with Gasteiger partial charge in [0.05, 0.1) is 18.4 Å². The number of ether oxygens (including phenoxy) is 3. The van der Waals surface area contributed by atoms with E-state index < -0.39 is 5.97 Å². The summed E-state index contributed by atoms with van der Waals surface area (Å²) >= 11 is 1.36. The van der Waals surface area contributed by atoms with Gasteiger partial charge in [0.25, 0.3) is 0 Å². The summed E-state index contributed by atoms with van der Waals surface area (Å²) in [5, 5.41) is 3.27. The summed E-state index contributed by atoms with van der Waals surface area (Å²) in [7, 11) is 0. The van der Waals surface area contributed by atoms with Crippen LogP contribution in [0.3, 0.4) is 0 Å². The molecule has 2 aromatic heterocycles. The van der Waals surface area contributed by atoms with Crippen molar-refractivity contribution in [2.24, 2.45) is 0 Å². The van der Waals surface area contributed by atoms with Gasteiger partial charge in [-0.25, -0.2) is 4.79 Å². The Labute approximate surface area is 183 Å². The van der Waals surface area contributed by atoms with Crippen molar-refractivity contribution in [3.05, 3.63) is 70.0 Å². The molecule has 0 fully saturated rings. The van der Waals surface area contributed by atoms with Crippen LogP contribution in [-0.4, -0.2) is 25.3 Å². The highest BCUT2D eigenvalue weighted by atomic mass is 32.1. The molecular weight excluding hydrogens is 418 g/mol. The number of esters is 1. The van der Waals surface area contributed by atoms with Gasteiger partial charge in [-0.05, 0) is 55.3 Å². The predicted molar refractivity (Wildman–Crippen MR) is 117 cm³/mol.